The molecule has 0 amide bonds. The summed E-state index contributed by atoms with van der Waals surface area (Å²) in [5, 5.41) is 8.20. The van der Waals surface area contributed by atoms with E-state index in [0.29, 0.717) is 22.2 Å². The molecule has 150 valence electrons. The van der Waals surface area contributed by atoms with Gasteiger partial charge in [0.25, 0.3) is 0 Å². The third-order valence-corrected chi connectivity index (χ3v) is 5.80. The Morgan fingerprint density at radius 1 is 1.10 bits per heavy atom. The van der Waals surface area contributed by atoms with Gasteiger partial charge in [-0.05, 0) is 48.0 Å². The smallest absolute Gasteiger partial charge is 0.340 e. The molecule has 2 aromatic carbocycles. The van der Waals surface area contributed by atoms with Gasteiger partial charge in [-0.15, -0.1) is 11.3 Å². The molecule has 0 aliphatic heterocycles. The van der Waals surface area contributed by atoms with Crippen molar-refractivity contribution < 1.29 is 9.53 Å². The molecule has 0 saturated carbocycles. The van der Waals surface area contributed by atoms with Crippen molar-refractivity contribution in [1.82, 2.24) is 5.32 Å². The van der Waals surface area contributed by atoms with Crippen molar-refractivity contribution in [3.8, 4) is 0 Å². The molecule has 0 spiro atoms. The summed E-state index contributed by atoms with van der Waals surface area (Å²) in [5.41, 5.74) is 2.84. The van der Waals surface area contributed by atoms with E-state index in [1.807, 2.05) is 48.5 Å². The first-order chi connectivity index (χ1) is 14.0. The molecule has 0 atom stereocenters. The Hall–Kier alpha value is -2.41. The predicted octanol–water partition coefficient (Wildman–Crippen LogP) is 5.31. The highest BCUT2D eigenvalue weighted by atomic mass is 35.5. The minimum absolute atomic E-state index is 0.382. The zero-order valence-electron chi connectivity index (χ0n) is 15.9. The summed E-state index contributed by atoms with van der Waals surface area (Å²) >= 11 is 12.8. The third kappa shape index (κ3) is 6.29. The van der Waals surface area contributed by atoms with Gasteiger partial charge in [0.1, 0.15) is 5.00 Å². The zero-order valence-corrected chi connectivity index (χ0v) is 18.3. The standard InChI is InChI=1S/C22H21ClN2O2S2/c1-27-21(26)19-14-18(13-16-5-3-2-4-6-16)29-20(19)25-22(28)24-12-11-15-7-9-17(23)10-8-15/h2-10,14H,11-13H2,1H3,(H2,24,25,28). The predicted molar refractivity (Wildman–Crippen MR) is 124 cm³/mol. The fourth-order valence-electron chi connectivity index (χ4n) is 2.80. The Morgan fingerprint density at radius 3 is 2.52 bits per heavy atom. The maximum absolute atomic E-state index is 12.2. The maximum atomic E-state index is 12.2. The van der Waals surface area contributed by atoms with Crippen LogP contribution in [0, 0.1) is 0 Å². The zero-order chi connectivity index (χ0) is 20.6. The van der Waals surface area contributed by atoms with Gasteiger partial charge in [0.2, 0.25) is 0 Å². The first kappa shape index (κ1) is 21.3. The number of halogens is 1. The van der Waals surface area contributed by atoms with Crippen molar-refractivity contribution in [3.05, 3.63) is 87.3 Å². The van der Waals surface area contributed by atoms with Crippen LogP contribution >= 0.6 is 35.2 Å². The molecule has 0 saturated heterocycles. The Labute approximate surface area is 184 Å². The lowest BCUT2D eigenvalue weighted by atomic mass is 10.1. The van der Waals surface area contributed by atoms with Gasteiger partial charge in [-0.25, -0.2) is 4.79 Å². The Kier molecular flexibility index (Phi) is 7.63. The molecule has 2 N–H and O–H groups in total. The summed E-state index contributed by atoms with van der Waals surface area (Å²) < 4.78 is 4.92. The molecular formula is C22H21ClN2O2S2. The summed E-state index contributed by atoms with van der Waals surface area (Å²) in [6, 6.07) is 19.7. The fourth-order valence-corrected chi connectivity index (χ4v) is 4.28. The molecule has 0 aliphatic carbocycles. The number of thiophene rings is 1. The largest absolute Gasteiger partial charge is 0.465 e. The van der Waals surface area contributed by atoms with Crippen LogP contribution in [0.15, 0.2) is 60.7 Å². The number of thiocarbonyl (C=S) groups is 1. The highest BCUT2D eigenvalue weighted by Crippen LogP contribution is 2.30. The van der Waals surface area contributed by atoms with Crippen LogP contribution in [-0.4, -0.2) is 24.7 Å². The van der Waals surface area contributed by atoms with E-state index in [9.17, 15) is 4.79 Å². The Bertz CT molecular complexity index is 972. The number of esters is 1. The van der Waals surface area contributed by atoms with Gasteiger partial charge in [0.05, 0.1) is 12.7 Å². The van der Waals surface area contributed by atoms with Gasteiger partial charge in [-0.3, -0.25) is 0 Å². The van der Waals surface area contributed by atoms with E-state index >= 15 is 0 Å². The van der Waals surface area contributed by atoms with Crippen LogP contribution in [0.4, 0.5) is 5.00 Å². The number of carbonyl (C=O) groups is 1. The van der Waals surface area contributed by atoms with Gasteiger partial charge >= 0.3 is 5.97 Å². The molecule has 0 bridgehead atoms. The molecule has 7 heteroatoms. The minimum atomic E-state index is -0.382. The van der Waals surface area contributed by atoms with Crippen LogP contribution in [0.5, 0.6) is 0 Å². The third-order valence-electron chi connectivity index (χ3n) is 4.25. The quantitative estimate of drug-likeness (QED) is 0.382. The average molecular weight is 445 g/mol. The number of rotatable bonds is 7. The van der Waals surface area contributed by atoms with Gasteiger partial charge in [-0.2, -0.15) is 0 Å². The van der Waals surface area contributed by atoms with E-state index in [1.54, 1.807) is 0 Å². The van der Waals surface area contributed by atoms with Crippen LogP contribution in [-0.2, 0) is 17.6 Å². The van der Waals surface area contributed by atoms with Crippen LogP contribution in [0.3, 0.4) is 0 Å². The molecule has 3 aromatic rings. The van der Waals surface area contributed by atoms with E-state index in [0.717, 1.165) is 22.7 Å². The second kappa shape index (κ2) is 10.4. The monoisotopic (exact) mass is 444 g/mol. The van der Waals surface area contributed by atoms with Gasteiger partial charge in [0, 0.05) is 22.9 Å². The van der Waals surface area contributed by atoms with Crippen LogP contribution < -0.4 is 10.6 Å². The average Bonchev–Trinajstić information content (AvgIpc) is 3.11. The molecule has 4 nitrogen and oxygen atoms in total. The van der Waals surface area contributed by atoms with Crippen molar-refractivity contribution in [3.63, 3.8) is 0 Å². The Morgan fingerprint density at radius 2 is 1.83 bits per heavy atom. The second-order valence-corrected chi connectivity index (χ2v) is 8.35. The van der Waals surface area contributed by atoms with Crippen LogP contribution in [0.2, 0.25) is 5.02 Å². The number of methoxy groups -OCH3 is 1. The molecule has 0 unspecified atom stereocenters. The highest BCUT2D eigenvalue weighted by molar-refractivity contribution is 7.80. The number of hydrogen-bond acceptors (Lipinski definition) is 4. The number of benzene rings is 2. The van der Waals surface area contributed by atoms with Crippen molar-refractivity contribution in [2.45, 2.75) is 12.8 Å². The van der Waals surface area contributed by atoms with Gasteiger partial charge < -0.3 is 15.4 Å². The molecule has 29 heavy (non-hydrogen) atoms. The van der Waals surface area contributed by atoms with E-state index in [4.69, 9.17) is 28.6 Å². The number of hydrogen-bond donors (Lipinski definition) is 2. The second-order valence-electron chi connectivity index (χ2n) is 6.37. The molecule has 0 radical (unpaired) electrons. The summed E-state index contributed by atoms with van der Waals surface area (Å²) in [4.78, 5) is 13.2. The van der Waals surface area contributed by atoms with Crippen LogP contribution in [0.25, 0.3) is 0 Å². The van der Waals surface area contributed by atoms with Crippen molar-refractivity contribution in [1.29, 1.82) is 0 Å². The van der Waals surface area contributed by atoms with E-state index in [1.165, 1.54) is 29.6 Å². The normalized spacial score (nSPS) is 10.4. The van der Waals surface area contributed by atoms with E-state index < -0.39 is 0 Å². The number of carbonyl (C=O) groups excluding carboxylic acids is 1. The summed E-state index contributed by atoms with van der Waals surface area (Å²) in [5.74, 6) is -0.382. The lowest BCUT2D eigenvalue weighted by molar-refractivity contribution is 0.0602. The molecule has 1 heterocycles. The molecule has 1 aromatic heterocycles. The minimum Gasteiger partial charge on any atom is -0.465 e. The first-order valence-corrected chi connectivity index (χ1v) is 10.7. The number of anilines is 1. The van der Waals surface area contributed by atoms with Crippen molar-refractivity contribution in [2.75, 3.05) is 19.0 Å². The van der Waals surface area contributed by atoms with Crippen LogP contribution in [0.1, 0.15) is 26.4 Å². The van der Waals surface area contributed by atoms with Crippen molar-refractivity contribution >= 4 is 51.2 Å². The Balaban J connectivity index is 1.62. The van der Waals surface area contributed by atoms with E-state index in [2.05, 4.69) is 22.8 Å². The molecular weight excluding hydrogens is 424 g/mol. The molecule has 0 fully saturated rings. The molecule has 0 aliphatic rings. The van der Waals surface area contributed by atoms with E-state index in [-0.39, 0.29) is 5.97 Å². The summed E-state index contributed by atoms with van der Waals surface area (Å²) in [6.07, 6.45) is 1.56. The topological polar surface area (TPSA) is 50.4 Å². The summed E-state index contributed by atoms with van der Waals surface area (Å²) in [7, 11) is 1.38. The maximum Gasteiger partial charge on any atom is 0.340 e. The summed E-state index contributed by atoms with van der Waals surface area (Å²) in [6.45, 7) is 0.670. The van der Waals surface area contributed by atoms with Crippen molar-refractivity contribution in [2.24, 2.45) is 0 Å². The number of nitrogens with one attached hydrogen (secondary N) is 2. The van der Waals surface area contributed by atoms with Gasteiger partial charge in [0.15, 0.2) is 5.11 Å². The lowest BCUT2D eigenvalue weighted by Crippen LogP contribution is -2.30. The lowest BCUT2D eigenvalue weighted by Gasteiger charge is -2.10. The fraction of sp³-hybridized carbons (Fsp3) is 0.182. The van der Waals surface area contributed by atoms with Gasteiger partial charge in [-0.1, -0.05) is 54.1 Å². The SMILES string of the molecule is COC(=O)c1cc(Cc2ccccc2)sc1NC(=S)NCCc1ccc(Cl)cc1. The number of ether oxygens (including phenoxy) is 1. The molecule has 3 rings (SSSR count). The first-order valence-electron chi connectivity index (χ1n) is 9.09. The highest BCUT2D eigenvalue weighted by Gasteiger charge is 2.17.